The minimum absolute atomic E-state index is 0.246. The first-order valence-corrected chi connectivity index (χ1v) is 11.7. The Balaban J connectivity index is 1.29. The lowest BCUT2D eigenvalue weighted by molar-refractivity contribution is 0.331. The van der Waals surface area contributed by atoms with E-state index in [2.05, 4.69) is 35.9 Å². The summed E-state index contributed by atoms with van der Waals surface area (Å²) < 4.78 is 21.3. The fourth-order valence-electron chi connectivity index (χ4n) is 4.63. The average molecular weight is 485 g/mol. The lowest BCUT2D eigenvalue weighted by Gasteiger charge is -2.26. The van der Waals surface area contributed by atoms with Crippen molar-refractivity contribution in [2.75, 3.05) is 28.7 Å². The maximum absolute atomic E-state index is 13.4. The summed E-state index contributed by atoms with van der Waals surface area (Å²) in [5.74, 6) is 2.48. The van der Waals surface area contributed by atoms with Crippen molar-refractivity contribution < 1.29 is 9.13 Å². The molecule has 182 valence electrons. The van der Waals surface area contributed by atoms with Crippen LogP contribution in [0.15, 0.2) is 55.0 Å². The van der Waals surface area contributed by atoms with Gasteiger partial charge in [0.15, 0.2) is 5.82 Å². The molecule has 0 amide bonds. The van der Waals surface area contributed by atoms with Gasteiger partial charge in [0.2, 0.25) is 5.95 Å². The van der Waals surface area contributed by atoms with E-state index in [9.17, 15) is 4.39 Å². The molecule has 2 N–H and O–H groups in total. The van der Waals surface area contributed by atoms with Crippen LogP contribution in [-0.4, -0.2) is 37.9 Å². The molecule has 0 saturated carbocycles. The molecule has 0 bridgehead atoms. The molecule has 4 aromatic rings. The highest BCUT2D eigenvalue weighted by molar-refractivity contribution is 5.61. The van der Waals surface area contributed by atoms with E-state index in [0.29, 0.717) is 32.8 Å². The van der Waals surface area contributed by atoms with Crippen LogP contribution < -0.4 is 20.3 Å². The Hall–Kier alpha value is -4.47. The third-order valence-corrected chi connectivity index (χ3v) is 6.49. The molecule has 10 heteroatoms. The largest absolute Gasteiger partial charge is 0.491 e. The summed E-state index contributed by atoms with van der Waals surface area (Å²) in [4.78, 5) is 17.6. The molecule has 0 unspecified atom stereocenters. The number of aromatic nitrogens is 5. The summed E-state index contributed by atoms with van der Waals surface area (Å²) in [6, 6.07) is 12.8. The predicted octanol–water partition coefficient (Wildman–Crippen LogP) is 3.54. The molecule has 4 heterocycles. The van der Waals surface area contributed by atoms with Crippen molar-refractivity contribution in [3.63, 3.8) is 0 Å². The van der Waals surface area contributed by atoms with Crippen molar-refractivity contribution in [1.82, 2.24) is 24.7 Å². The monoisotopic (exact) mass is 484 g/mol. The van der Waals surface area contributed by atoms with Gasteiger partial charge in [-0.3, -0.25) is 0 Å². The minimum atomic E-state index is -0.246. The summed E-state index contributed by atoms with van der Waals surface area (Å²) in [5.41, 5.74) is 10.8. The van der Waals surface area contributed by atoms with E-state index in [1.165, 1.54) is 12.1 Å². The Morgan fingerprint density at radius 3 is 2.83 bits per heavy atom. The highest BCUT2D eigenvalue weighted by Crippen LogP contribution is 2.32. The Morgan fingerprint density at radius 2 is 1.97 bits per heavy atom. The zero-order valence-corrected chi connectivity index (χ0v) is 19.8. The van der Waals surface area contributed by atoms with Gasteiger partial charge in [0, 0.05) is 41.7 Å². The smallest absolute Gasteiger partial charge is 0.240 e. The first-order valence-electron chi connectivity index (χ1n) is 11.7. The van der Waals surface area contributed by atoms with Crippen molar-refractivity contribution in [1.29, 1.82) is 0 Å². The molecule has 36 heavy (non-hydrogen) atoms. The number of ether oxygens (including phenoxy) is 1. The number of fused-ring (bicyclic) bond motifs is 2. The average Bonchev–Trinajstić information content (AvgIpc) is 3.12. The summed E-state index contributed by atoms with van der Waals surface area (Å²) in [6.45, 7) is 4.36. The number of rotatable bonds is 4. The van der Waals surface area contributed by atoms with Crippen LogP contribution >= 0.6 is 0 Å². The fraction of sp³-hybridized carbons (Fsp3) is 0.231. The van der Waals surface area contributed by atoms with Gasteiger partial charge in [-0.1, -0.05) is 12.1 Å². The van der Waals surface area contributed by atoms with Gasteiger partial charge in [-0.2, -0.15) is 4.98 Å². The molecule has 0 aliphatic carbocycles. The lowest BCUT2D eigenvalue weighted by Crippen LogP contribution is -2.28. The molecular formula is C26H25FN8O. The zero-order valence-electron chi connectivity index (χ0n) is 19.8. The van der Waals surface area contributed by atoms with Gasteiger partial charge in [0.25, 0.3) is 0 Å². The first kappa shape index (κ1) is 22.0. The Kier molecular flexibility index (Phi) is 5.48. The van der Waals surface area contributed by atoms with Gasteiger partial charge < -0.3 is 20.3 Å². The van der Waals surface area contributed by atoms with Gasteiger partial charge in [-0.15, -0.1) is 5.10 Å². The number of benzene rings is 2. The molecule has 2 aliphatic heterocycles. The fourth-order valence-corrected chi connectivity index (χ4v) is 4.63. The number of aryl methyl sites for hydroxylation is 1. The van der Waals surface area contributed by atoms with E-state index in [-0.39, 0.29) is 11.8 Å². The molecule has 2 aliphatic rings. The van der Waals surface area contributed by atoms with Gasteiger partial charge in [0.1, 0.15) is 37.0 Å². The van der Waals surface area contributed by atoms with E-state index < -0.39 is 0 Å². The van der Waals surface area contributed by atoms with Crippen LogP contribution in [0.3, 0.4) is 0 Å². The van der Waals surface area contributed by atoms with Crippen LogP contribution in [-0.2, 0) is 19.6 Å². The molecule has 6 rings (SSSR count). The number of halogens is 1. The van der Waals surface area contributed by atoms with Crippen LogP contribution in [0.4, 0.5) is 21.8 Å². The normalized spacial score (nSPS) is 14.7. The van der Waals surface area contributed by atoms with Crippen LogP contribution in [0.5, 0.6) is 5.75 Å². The zero-order chi connectivity index (χ0) is 24.6. The molecule has 0 fully saturated rings. The molecule has 0 atom stereocenters. The number of hydrogen-bond acceptors (Lipinski definition) is 8. The van der Waals surface area contributed by atoms with Gasteiger partial charge in [-0.05, 0) is 48.9 Å². The van der Waals surface area contributed by atoms with Crippen LogP contribution in [0, 0.1) is 12.7 Å². The van der Waals surface area contributed by atoms with Crippen molar-refractivity contribution in [2.24, 2.45) is 0 Å². The molecule has 2 aromatic heterocycles. The molecule has 0 spiro atoms. The Bertz CT molecular complexity index is 1450. The maximum atomic E-state index is 13.4. The third kappa shape index (κ3) is 4.21. The predicted molar refractivity (Wildman–Crippen MR) is 135 cm³/mol. The standard InChI is InChI=1S/C26H25FN8O/c1-17-22(12-18-2-4-20(27)5-3-18)25(30-15-29-17)33-10-11-36-23-7-6-21(13-19(23)14-33)34-9-8-24-31-26(28)32-35(24)16-34/h2-9,13,15H,10-12,14,16H2,1H3,(H2,28,32). The number of nitrogens with zero attached hydrogens (tertiary/aromatic N) is 7. The van der Waals surface area contributed by atoms with Gasteiger partial charge >= 0.3 is 0 Å². The topological polar surface area (TPSA) is 98.2 Å². The second kappa shape index (κ2) is 8.95. The maximum Gasteiger partial charge on any atom is 0.240 e. The van der Waals surface area contributed by atoms with E-state index >= 15 is 0 Å². The number of nitrogen functional groups attached to an aromatic ring is 1. The van der Waals surface area contributed by atoms with Crippen LogP contribution in [0.2, 0.25) is 0 Å². The first-order chi connectivity index (χ1) is 17.5. The minimum Gasteiger partial charge on any atom is -0.491 e. The summed E-state index contributed by atoms with van der Waals surface area (Å²) in [5, 5.41) is 4.26. The Labute approximate surface area is 207 Å². The molecule has 9 nitrogen and oxygen atoms in total. The second-order valence-corrected chi connectivity index (χ2v) is 8.88. The van der Waals surface area contributed by atoms with Gasteiger partial charge in [-0.25, -0.2) is 19.0 Å². The highest BCUT2D eigenvalue weighted by Gasteiger charge is 2.22. The second-order valence-electron chi connectivity index (χ2n) is 8.88. The number of anilines is 3. The quantitative estimate of drug-likeness (QED) is 0.470. The molecule has 2 aromatic carbocycles. The Morgan fingerprint density at radius 1 is 1.11 bits per heavy atom. The third-order valence-electron chi connectivity index (χ3n) is 6.49. The van der Waals surface area contributed by atoms with Crippen molar-refractivity contribution in [3.05, 3.63) is 89.0 Å². The van der Waals surface area contributed by atoms with Gasteiger partial charge in [0.05, 0.1) is 6.54 Å². The van der Waals surface area contributed by atoms with Crippen molar-refractivity contribution in [2.45, 2.75) is 26.6 Å². The lowest BCUT2D eigenvalue weighted by atomic mass is 10.0. The summed E-state index contributed by atoms with van der Waals surface area (Å²) in [7, 11) is 0. The molecular weight excluding hydrogens is 459 g/mol. The summed E-state index contributed by atoms with van der Waals surface area (Å²) in [6.07, 6.45) is 6.10. The molecule has 0 radical (unpaired) electrons. The molecule has 0 saturated heterocycles. The summed E-state index contributed by atoms with van der Waals surface area (Å²) >= 11 is 0. The van der Waals surface area contributed by atoms with E-state index in [0.717, 1.165) is 45.5 Å². The van der Waals surface area contributed by atoms with E-state index in [1.807, 2.05) is 31.3 Å². The number of hydrogen-bond donors (Lipinski definition) is 1. The van der Waals surface area contributed by atoms with E-state index in [4.69, 9.17) is 10.5 Å². The van der Waals surface area contributed by atoms with Crippen LogP contribution in [0.1, 0.15) is 28.2 Å². The van der Waals surface area contributed by atoms with E-state index in [1.54, 1.807) is 23.1 Å². The van der Waals surface area contributed by atoms with Crippen molar-refractivity contribution >= 4 is 23.5 Å². The highest BCUT2D eigenvalue weighted by atomic mass is 19.1. The SMILES string of the molecule is Cc1ncnc(N2CCOc3ccc(N4C=Cc5nc(N)nn5C4)cc3C2)c1Cc1ccc(F)cc1. The van der Waals surface area contributed by atoms with Crippen molar-refractivity contribution in [3.8, 4) is 5.75 Å². The number of nitrogens with two attached hydrogens (primary N) is 1. The van der Waals surface area contributed by atoms with Crippen LogP contribution in [0.25, 0.3) is 6.08 Å².